The van der Waals surface area contributed by atoms with E-state index in [2.05, 4.69) is 38.1 Å². The normalized spacial score (nSPS) is 22.1. The Morgan fingerprint density at radius 2 is 1.80 bits per heavy atom. The average molecular weight is 298 g/mol. The van der Waals surface area contributed by atoms with E-state index < -0.39 is 0 Å². The lowest BCUT2D eigenvalue weighted by Gasteiger charge is -2.45. The van der Waals surface area contributed by atoms with Crippen molar-refractivity contribution in [2.24, 2.45) is 17.9 Å². The molecule has 0 amide bonds. The predicted octanol–water partition coefficient (Wildman–Crippen LogP) is 4.08. The van der Waals surface area contributed by atoms with Crippen molar-refractivity contribution in [3.63, 3.8) is 0 Å². The zero-order valence-corrected chi connectivity index (χ0v) is 14.4. The molecule has 3 nitrogen and oxygen atoms in total. The number of aromatic nitrogens is 2. The summed E-state index contributed by atoms with van der Waals surface area (Å²) in [5.74, 6) is 0. The van der Waals surface area contributed by atoms with Crippen molar-refractivity contribution in [3.05, 3.63) is 16.4 Å². The standard InChI is InChI=1S/C16H28ClN3/c1-11-13(14(17)20(6)19-11)9-18-12-7-15(2,3)10-16(4,5)8-12/h12,18H,7-10H2,1-6H3. The molecule has 1 N–H and O–H groups in total. The molecular formula is C16H28ClN3. The Balaban J connectivity index is 2.03. The highest BCUT2D eigenvalue weighted by Crippen LogP contribution is 2.45. The molecule has 20 heavy (non-hydrogen) atoms. The van der Waals surface area contributed by atoms with Crippen LogP contribution >= 0.6 is 11.6 Å². The maximum atomic E-state index is 6.30. The third-order valence-electron chi connectivity index (χ3n) is 4.39. The topological polar surface area (TPSA) is 29.9 Å². The van der Waals surface area contributed by atoms with Gasteiger partial charge in [0, 0.05) is 25.2 Å². The number of nitrogens with one attached hydrogen (secondary N) is 1. The molecule has 1 aliphatic rings. The molecule has 0 spiro atoms. The second kappa shape index (κ2) is 5.34. The maximum absolute atomic E-state index is 6.30. The lowest BCUT2D eigenvalue weighted by atomic mass is 9.63. The van der Waals surface area contributed by atoms with Crippen LogP contribution in [0.25, 0.3) is 0 Å². The van der Waals surface area contributed by atoms with Crippen molar-refractivity contribution in [2.75, 3.05) is 0 Å². The fourth-order valence-electron chi connectivity index (χ4n) is 4.11. The molecule has 0 radical (unpaired) electrons. The molecule has 0 bridgehead atoms. The van der Waals surface area contributed by atoms with Crippen LogP contribution in [0.2, 0.25) is 5.15 Å². The van der Waals surface area contributed by atoms with Gasteiger partial charge in [-0.05, 0) is 37.0 Å². The van der Waals surface area contributed by atoms with Crippen LogP contribution in [0.1, 0.15) is 58.2 Å². The van der Waals surface area contributed by atoms with Crippen LogP contribution in [0.4, 0.5) is 0 Å². The van der Waals surface area contributed by atoms with E-state index in [-0.39, 0.29) is 0 Å². The molecule has 0 unspecified atom stereocenters. The van der Waals surface area contributed by atoms with Crippen molar-refractivity contribution >= 4 is 11.6 Å². The molecule has 1 heterocycles. The highest BCUT2D eigenvalue weighted by Gasteiger charge is 2.38. The molecule has 1 fully saturated rings. The Morgan fingerprint density at radius 3 is 2.25 bits per heavy atom. The smallest absolute Gasteiger partial charge is 0.131 e. The van der Waals surface area contributed by atoms with Crippen LogP contribution in [0, 0.1) is 17.8 Å². The fraction of sp³-hybridized carbons (Fsp3) is 0.812. The first-order chi connectivity index (χ1) is 9.10. The monoisotopic (exact) mass is 297 g/mol. The third kappa shape index (κ3) is 3.56. The van der Waals surface area contributed by atoms with Crippen LogP contribution in [-0.2, 0) is 13.6 Å². The number of hydrogen-bond donors (Lipinski definition) is 1. The molecule has 1 saturated carbocycles. The minimum Gasteiger partial charge on any atom is -0.310 e. The summed E-state index contributed by atoms with van der Waals surface area (Å²) in [6.07, 6.45) is 3.76. The van der Waals surface area contributed by atoms with Gasteiger partial charge in [0.05, 0.1) is 5.69 Å². The SMILES string of the molecule is Cc1nn(C)c(Cl)c1CNC1CC(C)(C)CC(C)(C)C1. The Morgan fingerprint density at radius 1 is 1.25 bits per heavy atom. The maximum Gasteiger partial charge on any atom is 0.131 e. The molecule has 4 heteroatoms. The molecule has 2 rings (SSSR count). The third-order valence-corrected chi connectivity index (χ3v) is 4.87. The Kier molecular flexibility index (Phi) is 4.23. The number of nitrogens with zero attached hydrogens (tertiary/aromatic N) is 2. The van der Waals surface area contributed by atoms with Gasteiger partial charge in [0.2, 0.25) is 0 Å². The minimum absolute atomic E-state index is 0.410. The number of hydrogen-bond acceptors (Lipinski definition) is 2. The summed E-state index contributed by atoms with van der Waals surface area (Å²) in [6, 6.07) is 0.560. The van der Waals surface area contributed by atoms with Gasteiger partial charge in [-0.15, -0.1) is 0 Å². The summed E-state index contributed by atoms with van der Waals surface area (Å²) in [6.45, 7) is 12.4. The highest BCUT2D eigenvalue weighted by atomic mass is 35.5. The molecule has 1 aliphatic carbocycles. The predicted molar refractivity (Wildman–Crippen MR) is 85.0 cm³/mol. The lowest BCUT2D eigenvalue weighted by Crippen LogP contribution is -2.43. The first-order valence-electron chi connectivity index (χ1n) is 7.51. The van der Waals surface area contributed by atoms with Crippen LogP contribution in [0.3, 0.4) is 0 Å². The van der Waals surface area contributed by atoms with E-state index in [9.17, 15) is 0 Å². The summed E-state index contributed by atoms with van der Waals surface area (Å²) in [4.78, 5) is 0. The number of aryl methyl sites for hydroxylation is 2. The van der Waals surface area contributed by atoms with Gasteiger partial charge < -0.3 is 5.32 Å². The molecular weight excluding hydrogens is 270 g/mol. The van der Waals surface area contributed by atoms with Crippen molar-refractivity contribution in [1.29, 1.82) is 0 Å². The Labute approximate surface area is 128 Å². The molecule has 0 saturated heterocycles. The van der Waals surface area contributed by atoms with Crippen LogP contribution in [0.5, 0.6) is 0 Å². The van der Waals surface area contributed by atoms with Crippen molar-refractivity contribution < 1.29 is 0 Å². The molecule has 1 aromatic rings. The second-order valence-electron chi connectivity index (χ2n) is 7.97. The quantitative estimate of drug-likeness (QED) is 0.911. The van der Waals surface area contributed by atoms with E-state index in [4.69, 9.17) is 11.6 Å². The van der Waals surface area contributed by atoms with Gasteiger partial charge in [-0.3, -0.25) is 4.68 Å². The van der Waals surface area contributed by atoms with E-state index in [0.29, 0.717) is 16.9 Å². The zero-order valence-electron chi connectivity index (χ0n) is 13.7. The molecule has 114 valence electrons. The first kappa shape index (κ1) is 15.8. The number of halogens is 1. The van der Waals surface area contributed by atoms with Gasteiger partial charge in [-0.2, -0.15) is 5.10 Å². The molecule has 0 aliphatic heterocycles. The van der Waals surface area contributed by atoms with Crippen molar-refractivity contribution in [2.45, 2.75) is 66.5 Å². The second-order valence-corrected chi connectivity index (χ2v) is 8.33. The Bertz CT molecular complexity index is 472. The Hall–Kier alpha value is -0.540. The van der Waals surface area contributed by atoms with Gasteiger partial charge >= 0.3 is 0 Å². The van der Waals surface area contributed by atoms with Gasteiger partial charge in [0.15, 0.2) is 0 Å². The van der Waals surface area contributed by atoms with E-state index in [1.54, 1.807) is 4.68 Å². The summed E-state index contributed by atoms with van der Waals surface area (Å²) in [7, 11) is 1.89. The largest absolute Gasteiger partial charge is 0.310 e. The van der Waals surface area contributed by atoms with E-state index >= 15 is 0 Å². The summed E-state index contributed by atoms with van der Waals surface area (Å²) in [5.41, 5.74) is 2.98. The van der Waals surface area contributed by atoms with Crippen molar-refractivity contribution in [3.8, 4) is 0 Å². The zero-order chi connectivity index (χ0) is 15.1. The summed E-state index contributed by atoms with van der Waals surface area (Å²) in [5, 5.41) is 8.84. The first-order valence-corrected chi connectivity index (χ1v) is 7.89. The van der Waals surface area contributed by atoms with Crippen LogP contribution in [0.15, 0.2) is 0 Å². The van der Waals surface area contributed by atoms with Crippen LogP contribution < -0.4 is 5.32 Å². The van der Waals surface area contributed by atoms with Gasteiger partial charge in [-0.25, -0.2) is 0 Å². The van der Waals surface area contributed by atoms with E-state index in [1.165, 1.54) is 19.3 Å². The highest BCUT2D eigenvalue weighted by molar-refractivity contribution is 6.30. The summed E-state index contributed by atoms with van der Waals surface area (Å²) < 4.78 is 1.75. The number of rotatable bonds is 3. The molecule has 0 atom stereocenters. The summed E-state index contributed by atoms with van der Waals surface area (Å²) >= 11 is 6.30. The van der Waals surface area contributed by atoms with Crippen molar-refractivity contribution in [1.82, 2.24) is 15.1 Å². The van der Waals surface area contributed by atoms with Gasteiger partial charge in [0.25, 0.3) is 0 Å². The fourth-order valence-corrected chi connectivity index (χ4v) is 4.35. The molecule has 0 aromatic carbocycles. The average Bonchev–Trinajstić information content (AvgIpc) is 2.46. The van der Waals surface area contributed by atoms with E-state index in [1.807, 2.05) is 14.0 Å². The van der Waals surface area contributed by atoms with E-state index in [0.717, 1.165) is 23.0 Å². The van der Waals surface area contributed by atoms with Gasteiger partial charge in [0.1, 0.15) is 5.15 Å². The van der Waals surface area contributed by atoms with Crippen LogP contribution in [-0.4, -0.2) is 15.8 Å². The minimum atomic E-state index is 0.410. The van der Waals surface area contributed by atoms with Gasteiger partial charge in [-0.1, -0.05) is 39.3 Å². The lowest BCUT2D eigenvalue weighted by molar-refractivity contribution is 0.0845. The molecule has 1 aromatic heterocycles.